The van der Waals surface area contributed by atoms with Crippen molar-refractivity contribution in [3.63, 3.8) is 0 Å². The van der Waals surface area contributed by atoms with Crippen molar-refractivity contribution in [3.8, 4) is 34.5 Å². The number of ether oxygens (including phenoxy) is 11. The molecule has 0 heterocycles. The summed E-state index contributed by atoms with van der Waals surface area (Å²) in [5.41, 5.74) is 0.874. The van der Waals surface area contributed by atoms with Gasteiger partial charge in [0.1, 0.15) is 11.5 Å². The number of aromatic hydroxyl groups is 2. The van der Waals surface area contributed by atoms with Crippen molar-refractivity contribution in [2.75, 3.05) is 59.5 Å². The van der Waals surface area contributed by atoms with Crippen molar-refractivity contribution in [2.45, 2.75) is 213 Å². The summed E-state index contributed by atoms with van der Waals surface area (Å²) in [7, 11) is -5.90. The van der Waals surface area contributed by atoms with Gasteiger partial charge >= 0.3 is 116 Å². The van der Waals surface area contributed by atoms with E-state index >= 15 is 0 Å². The molecule has 7 aliphatic rings. The molecule has 5 aromatic rings. The number of rotatable bonds is 35. The second-order valence-corrected chi connectivity index (χ2v) is 36.0. The Labute approximate surface area is 803 Å². The van der Waals surface area contributed by atoms with Crippen LogP contribution in [0.25, 0.3) is 21.5 Å². The fourth-order valence-electron chi connectivity index (χ4n) is 18.4. The van der Waals surface area contributed by atoms with Crippen LogP contribution in [0.15, 0.2) is 135 Å². The number of unbranched alkanes of at least 4 members (excludes halogenated alkanes) is 3. The van der Waals surface area contributed by atoms with Gasteiger partial charge in [0.2, 0.25) is 5.78 Å². The van der Waals surface area contributed by atoms with Gasteiger partial charge in [-0.05, 0) is 249 Å². The number of carboxylic acid groups (broad SMARTS) is 1. The van der Waals surface area contributed by atoms with Crippen LogP contribution in [0.1, 0.15) is 234 Å². The number of Topliss-reactive ketones (excluding diaryl/α,β-unsaturated/α-hetero) is 1. The fraction of sp³-hybridized carbons (Fsp3) is 0.545. The molecule has 0 saturated heterocycles. The van der Waals surface area contributed by atoms with Gasteiger partial charge in [-0.2, -0.15) is 16.8 Å². The number of carbonyl (C=O) groups is 11. The van der Waals surface area contributed by atoms with E-state index in [9.17, 15) is 63.0 Å². The predicted molar refractivity (Wildman–Crippen MR) is 493 cm³/mol. The summed E-state index contributed by atoms with van der Waals surface area (Å²) in [4.78, 5) is 133. The molecule has 0 amide bonds. The van der Waals surface area contributed by atoms with Crippen molar-refractivity contribution in [2.24, 2.45) is 71.0 Å². The number of allylic oxidation sites excluding steroid dienone is 2. The van der Waals surface area contributed by atoms with Crippen LogP contribution in [0.4, 0.5) is 0 Å². The number of hydrogen-bond donors (Lipinski definition) is 3. The summed E-state index contributed by atoms with van der Waals surface area (Å²) in [6, 6.07) is 24.5. The van der Waals surface area contributed by atoms with Crippen LogP contribution in [0.2, 0.25) is 0 Å². The molecular weight excluding hydrogens is 1760 g/mol. The molecule has 0 bridgehead atoms. The number of ketones is 2. The molecule has 132 heavy (non-hydrogen) atoms. The third kappa shape index (κ3) is 35.2. The monoisotopic (exact) mass is 1890 g/mol. The van der Waals surface area contributed by atoms with Gasteiger partial charge in [0, 0.05) is 69.1 Å². The van der Waals surface area contributed by atoms with Gasteiger partial charge in [0.15, 0.2) is 34.5 Å². The zero-order chi connectivity index (χ0) is 96.0. The number of esters is 8. The molecule has 0 spiro atoms. The second kappa shape index (κ2) is 59.5. The average molecular weight is 1890 g/mol. The number of hydrogen-bond acceptors (Lipinski definition) is 28. The molecule has 6 saturated carbocycles. The Kier molecular flexibility index (Phi) is 49.5. The van der Waals surface area contributed by atoms with E-state index < -0.39 is 42.4 Å². The Morgan fingerprint density at radius 1 is 0.371 bits per heavy atom. The number of aliphatic carboxylic acids is 1. The number of benzene rings is 5. The van der Waals surface area contributed by atoms with Crippen LogP contribution in [0, 0.1) is 71.0 Å². The normalized spacial score (nSPS) is 21.8. The van der Waals surface area contributed by atoms with Crippen LogP contribution in [0.3, 0.4) is 0 Å². The zero-order valence-electron chi connectivity index (χ0n) is 76.8. The van der Waals surface area contributed by atoms with Gasteiger partial charge in [-0.15, -0.1) is 0 Å². The standard InChI is InChI=1S/C54H72O13.C21H32O6.C12H12O3.C12H10O3.2Na.O4S2/c1-4-48(55)62-31-9-11-33-64-51(57)40-23-15-36(16-24-40)38-19-27-42(28-20-38)53(59)66-46-35-47(61-6-3)50(45-14-8-7-13-44(45)46)67-54(60)43-29-21-39(22-30-43)37-17-25-41(26-18-37)52(58)65-34-12-10-32-63-49(56)5-2;1-2-19(22)26-13-3-4-14-27-21(25)18-11-7-16(8-12-18)15-5-9-17(10-6-15)20(23)24;2*1-2-15-11-7-10(13)8-5-3-4-6-9(8)12(11)14;;;1-5(2)6(3)4/h4-5,7-8,13-14,35-43H,1-2,6,9-12,15-34H2,3H3;2,15-18H,1,3-14H2,(H,23,24);3-7,13-14H,2H2,1H3;3-7H,2H2,1H3;;;. The third-order valence-corrected chi connectivity index (χ3v) is 26.3. The SMILES string of the molecule is C=CC(=O)OCCCCOC(=O)C1CCC(C2CCC(C(=O)O)CC2)CC1.C=CC(=O)OCCCCOC(=O)C1CCC(C2CCC(C(=O)Oc3cc(OCC)c(OC(=O)C4CCC(C5CCC(C(=O)OCCCCOC(=O)C=C)CC5)CC4)c4ccccc34)CC2)CC1.CCOC1=CC(=O)c2ccccc2C1=O.CCOc1cc(O)c2ccccc2c1O.O=S(=O)=S(=O)=O.[Na][Na]. The van der Waals surface area contributed by atoms with Crippen LogP contribution in [0.5, 0.6) is 34.5 Å². The topological polar surface area (TPSA) is 418 Å². The van der Waals surface area contributed by atoms with Crippen LogP contribution < -0.4 is 18.9 Å². The van der Waals surface area contributed by atoms with Crippen molar-refractivity contribution in [1.82, 2.24) is 0 Å². The summed E-state index contributed by atoms with van der Waals surface area (Å²) in [6.45, 7) is 18.6. The van der Waals surface area contributed by atoms with Gasteiger partial charge < -0.3 is 67.4 Å². The molecule has 0 aromatic heterocycles. The average Bonchev–Trinajstić information content (AvgIpc) is 0.776. The molecule has 33 heteroatoms. The summed E-state index contributed by atoms with van der Waals surface area (Å²) in [5, 5.41) is 31.2. The molecule has 0 radical (unpaired) electrons. The van der Waals surface area contributed by atoms with Crippen molar-refractivity contribution < 1.29 is 137 Å². The van der Waals surface area contributed by atoms with Gasteiger partial charge in [0.25, 0.3) is 0 Å². The van der Waals surface area contributed by atoms with E-state index in [2.05, 4.69) is 19.7 Å². The Morgan fingerprint density at radius 3 is 1.04 bits per heavy atom. The minimum absolute atomic E-state index is 0.00444. The van der Waals surface area contributed by atoms with Gasteiger partial charge in [-0.3, -0.25) is 38.4 Å². The van der Waals surface area contributed by atoms with Crippen molar-refractivity contribution in [1.29, 1.82) is 0 Å². The Bertz CT molecular complexity index is 4950. The summed E-state index contributed by atoms with van der Waals surface area (Å²) in [5.74, 6) is 0.995. The Balaban J connectivity index is 0.000000292. The van der Waals surface area contributed by atoms with E-state index in [1.165, 1.54) is 55.8 Å². The molecular formula is C99H126Na2O29S2. The zero-order valence-corrected chi connectivity index (χ0v) is 82.4. The Hall–Kier alpha value is -9.21. The first-order valence-electron chi connectivity index (χ1n) is 46.7. The molecule has 0 atom stereocenters. The molecule has 7 aliphatic carbocycles. The van der Waals surface area contributed by atoms with Crippen LogP contribution >= 0.6 is 0 Å². The minimum atomic E-state index is -2.95. The number of carbonyl (C=O) groups excluding carboxylic acids is 10. The summed E-state index contributed by atoms with van der Waals surface area (Å²) >= 11 is 2.89. The fourth-order valence-corrected chi connectivity index (χ4v) is 18.4. The summed E-state index contributed by atoms with van der Waals surface area (Å²) in [6.07, 6.45) is 29.9. The predicted octanol–water partition coefficient (Wildman–Crippen LogP) is 16.7. The number of carboxylic acids is 1. The molecule has 0 unspecified atom stereocenters. The molecule has 5 aromatic carbocycles. The maximum absolute atomic E-state index is 13.8. The first-order chi connectivity index (χ1) is 63.7. The third-order valence-electron chi connectivity index (χ3n) is 25.5. The van der Waals surface area contributed by atoms with Crippen LogP contribution in [-0.2, 0) is 94.8 Å². The number of fused-ring (bicyclic) bond motifs is 3. The first kappa shape index (κ1) is 110. The van der Waals surface area contributed by atoms with E-state index in [1.54, 1.807) is 55.5 Å². The van der Waals surface area contributed by atoms with E-state index in [0.29, 0.717) is 176 Å². The van der Waals surface area contributed by atoms with Crippen molar-refractivity contribution in [3.05, 3.63) is 146 Å². The quantitative estimate of drug-likeness (QED) is 0.00645. The van der Waals surface area contributed by atoms with E-state index in [0.717, 1.165) is 172 Å². The molecule has 6 fully saturated rings. The van der Waals surface area contributed by atoms with Gasteiger partial charge in [0.05, 0.1) is 95.0 Å². The molecule has 3 N–H and O–H groups in total. The first-order valence-corrected chi connectivity index (χ1v) is 57.4. The number of phenolic OH excluding ortho intramolecular Hbond substituents is 2. The van der Waals surface area contributed by atoms with E-state index in [-0.39, 0.29) is 107 Å². The second-order valence-electron chi connectivity index (χ2n) is 33.6. The van der Waals surface area contributed by atoms with Gasteiger partial charge in [-0.25, -0.2) is 14.4 Å². The van der Waals surface area contributed by atoms with Crippen LogP contribution in [-0.4, -0.2) is 201 Å². The molecule has 0 aliphatic heterocycles. The summed E-state index contributed by atoms with van der Waals surface area (Å²) < 4.78 is 96.4. The molecule has 710 valence electrons. The Morgan fingerprint density at radius 2 is 0.682 bits per heavy atom. The van der Waals surface area contributed by atoms with Crippen molar-refractivity contribution >= 4 is 149 Å². The molecule has 12 rings (SSSR count). The van der Waals surface area contributed by atoms with E-state index in [1.807, 2.05) is 44.2 Å². The maximum atomic E-state index is 13.8. The van der Waals surface area contributed by atoms with E-state index in [4.69, 9.17) is 74.0 Å². The van der Waals surface area contributed by atoms with Gasteiger partial charge in [-0.1, -0.05) is 92.5 Å². The number of phenols is 2. The molecule has 29 nitrogen and oxygen atoms in total.